The lowest BCUT2D eigenvalue weighted by Crippen LogP contribution is -2.39. The summed E-state index contributed by atoms with van der Waals surface area (Å²) in [5.74, 6) is 0.806. The molecule has 148 valence electrons. The number of ether oxygens (including phenoxy) is 1. The largest absolute Gasteiger partial charge is 0.379 e. The number of benzene rings is 1. The van der Waals surface area contributed by atoms with E-state index in [1.807, 2.05) is 38.1 Å². The second-order valence-electron chi connectivity index (χ2n) is 6.35. The van der Waals surface area contributed by atoms with Crippen LogP contribution in [0.2, 0.25) is 0 Å². The fourth-order valence-electron chi connectivity index (χ4n) is 2.26. The first-order valence-corrected chi connectivity index (χ1v) is 8.80. The molecule has 0 bridgehead atoms. The third kappa shape index (κ3) is 9.96. The monoisotopic (exact) mass is 476 g/mol. The Morgan fingerprint density at radius 2 is 1.92 bits per heavy atom. The van der Waals surface area contributed by atoms with Crippen LogP contribution in [0, 0.1) is 0 Å². The number of aliphatic imine (C=N–C) groups is 1. The standard InChI is InChI=1S/C19H32N4O2.HI/c1-15(2)25-13-7-11-21-19(20-3)22-12-10-16-8-6-9-17(14-16)18(24)23(4)5;/h6,8-9,14-15H,7,10-13H2,1-5H3,(H2,20,21,22);1H. The first-order chi connectivity index (χ1) is 11.9. The van der Waals surface area contributed by atoms with E-state index in [2.05, 4.69) is 15.6 Å². The van der Waals surface area contributed by atoms with Crippen LogP contribution in [0.25, 0.3) is 0 Å². The van der Waals surface area contributed by atoms with Crippen molar-refractivity contribution in [3.05, 3.63) is 35.4 Å². The third-order valence-electron chi connectivity index (χ3n) is 3.57. The topological polar surface area (TPSA) is 66.0 Å². The Morgan fingerprint density at radius 1 is 1.23 bits per heavy atom. The van der Waals surface area contributed by atoms with Gasteiger partial charge in [-0.25, -0.2) is 0 Å². The molecule has 0 aromatic heterocycles. The van der Waals surface area contributed by atoms with Crippen molar-refractivity contribution >= 4 is 35.8 Å². The Labute approximate surface area is 174 Å². The summed E-state index contributed by atoms with van der Waals surface area (Å²) in [6.07, 6.45) is 2.03. The highest BCUT2D eigenvalue weighted by atomic mass is 127. The SMILES string of the molecule is CN=C(NCCCOC(C)C)NCCc1cccc(C(=O)N(C)C)c1.I. The highest BCUT2D eigenvalue weighted by Crippen LogP contribution is 2.07. The lowest BCUT2D eigenvalue weighted by atomic mass is 10.1. The molecule has 0 saturated carbocycles. The number of rotatable bonds is 9. The lowest BCUT2D eigenvalue weighted by molar-refractivity contribution is 0.0776. The molecule has 0 aliphatic heterocycles. The Morgan fingerprint density at radius 3 is 2.54 bits per heavy atom. The van der Waals surface area contributed by atoms with Gasteiger partial charge in [0.15, 0.2) is 5.96 Å². The average molecular weight is 476 g/mol. The number of halogens is 1. The highest BCUT2D eigenvalue weighted by Gasteiger charge is 2.08. The summed E-state index contributed by atoms with van der Waals surface area (Å²) < 4.78 is 5.51. The summed E-state index contributed by atoms with van der Waals surface area (Å²) in [6, 6.07) is 7.75. The summed E-state index contributed by atoms with van der Waals surface area (Å²) in [5.41, 5.74) is 1.84. The Hall–Kier alpha value is -1.35. The van der Waals surface area contributed by atoms with Crippen LogP contribution in [-0.4, -0.2) is 63.7 Å². The number of nitrogens with zero attached hydrogens (tertiary/aromatic N) is 2. The quantitative estimate of drug-likeness (QED) is 0.249. The minimum atomic E-state index is 0. The van der Waals surface area contributed by atoms with E-state index in [0.29, 0.717) is 0 Å². The molecule has 0 saturated heterocycles. The van der Waals surface area contributed by atoms with Crippen molar-refractivity contribution in [2.75, 3.05) is 40.8 Å². The zero-order valence-electron chi connectivity index (χ0n) is 16.5. The van der Waals surface area contributed by atoms with Crippen LogP contribution in [0.15, 0.2) is 29.3 Å². The number of carbonyl (C=O) groups is 1. The molecule has 1 amide bonds. The molecule has 26 heavy (non-hydrogen) atoms. The van der Waals surface area contributed by atoms with Crippen molar-refractivity contribution in [2.45, 2.75) is 32.8 Å². The van der Waals surface area contributed by atoms with Crippen molar-refractivity contribution in [3.8, 4) is 0 Å². The molecule has 0 aliphatic rings. The van der Waals surface area contributed by atoms with Crippen molar-refractivity contribution in [1.82, 2.24) is 15.5 Å². The minimum Gasteiger partial charge on any atom is -0.379 e. The molecule has 0 aliphatic carbocycles. The molecule has 2 N–H and O–H groups in total. The van der Waals surface area contributed by atoms with Gasteiger partial charge in [-0.15, -0.1) is 24.0 Å². The van der Waals surface area contributed by atoms with Gasteiger partial charge in [0.05, 0.1) is 6.10 Å². The maximum atomic E-state index is 12.0. The molecular weight excluding hydrogens is 443 g/mol. The number of amides is 1. The molecule has 0 heterocycles. The van der Waals surface area contributed by atoms with Crippen LogP contribution in [0.5, 0.6) is 0 Å². The van der Waals surface area contributed by atoms with Crippen LogP contribution in [0.1, 0.15) is 36.2 Å². The maximum absolute atomic E-state index is 12.0. The molecule has 1 aromatic carbocycles. The molecule has 0 atom stereocenters. The normalized spacial score (nSPS) is 11.1. The summed E-state index contributed by atoms with van der Waals surface area (Å²) in [4.78, 5) is 17.8. The van der Waals surface area contributed by atoms with Crippen molar-refractivity contribution < 1.29 is 9.53 Å². The summed E-state index contributed by atoms with van der Waals surface area (Å²) in [6.45, 7) is 6.39. The number of guanidine groups is 1. The molecule has 0 unspecified atom stereocenters. The van der Waals surface area contributed by atoms with Crippen LogP contribution in [0.4, 0.5) is 0 Å². The number of nitrogens with one attached hydrogen (secondary N) is 2. The second kappa shape index (κ2) is 13.8. The fraction of sp³-hybridized carbons (Fsp3) is 0.579. The van der Waals surface area contributed by atoms with Gasteiger partial charge in [-0.05, 0) is 44.4 Å². The Kier molecular flexibility index (Phi) is 13.1. The first-order valence-electron chi connectivity index (χ1n) is 8.80. The zero-order valence-corrected chi connectivity index (χ0v) is 18.9. The molecule has 1 rings (SSSR count). The molecule has 0 radical (unpaired) electrons. The van der Waals surface area contributed by atoms with Crippen molar-refractivity contribution in [3.63, 3.8) is 0 Å². The molecule has 7 heteroatoms. The Bertz CT molecular complexity index is 562. The molecule has 0 fully saturated rings. The van der Waals surface area contributed by atoms with Crippen molar-refractivity contribution in [1.29, 1.82) is 0 Å². The predicted octanol–water partition coefficient (Wildman–Crippen LogP) is 2.53. The van der Waals surface area contributed by atoms with Crippen LogP contribution >= 0.6 is 24.0 Å². The minimum absolute atomic E-state index is 0. The van der Waals surface area contributed by atoms with E-state index in [4.69, 9.17) is 4.74 Å². The Balaban J connectivity index is 0.00000625. The van der Waals surface area contributed by atoms with E-state index in [1.54, 1.807) is 26.0 Å². The van der Waals surface area contributed by atoms with Gasteiger partial charge in [0.25, 0.3) is 5.91 Å². The molecule has 6 nitrogen and oxygen atoms in total. The predicted molar refractivity (Wildman–Crippen MR) is 119 cm³/mol. The summed E-state index contributed by atoms with van der Waals surface area (Å²) in [5, 5.41) is 6.56. The molecular formula is C19H33IN4O2. The smallest absolute Gasteiger partial charge is 0.253 e. The average Bonchev–Trinajstić information content (AvgIpc) is 2.59. The molecule has 1 aromatic rings. The van der Waals surface area contributed by atoms with Gasteiger partial charge in [-0.1, -0.05) is 12.1 Å². The van der Waals surface area contributed by atoms with E-state index in [1.165, 1.54) is 0 Å². The maximum Gasteiger partial charge on any atom is 0.253 e. The number of hydrogen-bond donors (Lipinski definition) is 2. The number of carbonyl (C=O) groups excluding carboxylic acids is 1. The van der Waals surface area contributed by atoms with E-state index in [-0.39, 0.29) is 36.0 Å². The van der Waals surface area contributed by atoms with E-state index < -0.39 is 0 Å². The second-order valence-corrected chi connectivity index (χ2v) is 6.35. The van der Waals surface area contributed by atoms with Gasteiger partial charge in [0.2, 0.25) is 0 Å². The van der Waals surface area contributed by atoms with Gasteiger partial charge in [0.1, 0.15) is 0 Å². The van der Waals surface area contributed by atoms with Crippen LogP contribution < -0.4 is 10.6 Å². The van der Waals surface area contributed by atoms with E-state index in [0.717, 1.165) is 49.6 Å². The fourth-order valence-corrected chi connectivity index (χ4v) is 2.26. The lowest BCUT2D eigenvalue weighted by Gasteiger charge is -2.13. The van der Waals surface area contributed by atoms with Gasteiger partial charge in [-0.2, -0.15) is 0 Å². The van der Waals surface area contributed by atoms with Gasteiger partial charge < -0.3 is 20.3 Å². The van der Waals surface area contributed by atoms with Crippen molar-refractivity contribution in [2.24, 2.45) is 4.99 Å². The summed E-state index contributed by atoms with van der Waals surface area (Å²) >= 11 is 0. The molecule has 0 spiro atoms. The van der Waals surface area contributed by atoms with E-state index >= 15 is 0 Å². The van der Waals surface area contributed by atoms with E-state index in [9.17, 15) is 4.79 Å². The third-order valence-corrected chi connectivity index (χ3v) is 3.57. The van der Waals surface area contributed by atoms with Gasteiger partial charge in [-0.3, -0.25) is 9.79 Å². The number of hydrogen-bond acceptors (Lipinski definition) is 3. The first kappa shape index (κ1) is 24.7. The van der Waals surface area contributed by atoms with Gasteiger partial charge >= 0.3 is 0 Å². The highest BCUT2D eigenvalue weighted by molar-refractivity contribution is 14.0. The zero-order chi connectivity index (χ0) is 18.7. The summed E-state index contributed by atoms with van der Waals surface area (Å²) in [7, 11) is 5.28. The van der Waals surface area contributed by atoms with Crippen LogP contribution in [-0.2, 0) is 11.2 Å². The van der Waals surface area contributed by atoms with Crippen LogP contribution in [0.3, 0.4) is 0 Å². The van der Waals surface area contributed by atoms with Gasteiger partial charge in [0, 0.05) is 46.4 Å².